The summed E-state index contributed by atoms with van der Waals surface area (Å²) < 4.78 is 0. The van der Waals surface area contributed by atoms with Gasteiger partial charge in [-0.1, -0.05) is 0 Å². The Hall–Kier alpha value is -1.80. The van der Waals surface area contributed by atoms with Crippen LogP contribution in [0.3, 0.4) is 0 Å². The van der Waals surface area contributed by atoms with Crippen LogP contribution >= 0.6 is 11.8 Å². The lowest BCUT2D eigenvalue weighted by Crippen LogP contribution is -2.33. The van der Waals surface area contributed by atoms with Crippen molar-refractivity contribution in [3.8, 4) is 0 Å². The predicted octanol–water partition coefficient (Wildman–Crippen LogP) is 1.75. The van der Waals surface area contributed by atoms with Crippen molar-refractivity contribution in [2.75, 3.05) is 17.4 Å². The number of nitrogen functional groups attached to an aromatic ring is 1. The van der Waals surface area contributed by atoms with Gasteiger partial charge >= 0.3 is 0 Å². The molecule has 1 unspecified atom stereocenters. The van der Waals surface area contributed by atoms with E-state index in [1.807, 2.05) is 13.2 Å². The molecule has 0 saturated heterocycles. The Kier molecular flexibility index (Phi) is 6.26. The Morgan fingerprint density at radius 2 is 2.25 bits per heavy atom. The molecule has 0 saturated carbocycles. The number of carbonyl (C=O) groups excluding carboxylic acids is 1. The van der Waals surface area contributed by atoms with Crippen LogP contribution in [0.4, 0.5) is 11.4 Å². The number of hydrazine groups is 1. The van der Waals surface area contributed by atoms with Gasteiger partial charge in [-0.05, 0) is 37.5 Å². The van der Waals surface area contributed by atoms with Gasteiger partial charge in [0, 0.05) is 17.7 Å². The number of thioether (sulfide) groups is 1. The molecule has 0 radical (unpaired) electrons. The van der Waals surface area contributed by atoms with Gasteiger partial charge in [0.05, 0.1) is 4.92 Å². The number of carbonyl (C=O) groups is 1. The smallest absolute Gasteiger partial charge is 0.293 e. The van der Waals surface area contributed by atoms with Crippen LogP contribution in [0.2, 0.25) is 0 Å². The summed E-state index contributed by atoms with van der Waals surface area (Å²) >= 11 is 1.71. The highest BCUT2D eigenvalue weighted by atomic mass is 32.2. The van der Waals surface area contributed by atoms with Gasteiger partial charge in [-0.2, -0.15) is 11.8 Å². The van der Waals surface area contributed by atoms with Crippen molar-refractivity contribution in [2.45, 2.75) is 19.4 Å². The van der Waals surface area contributed by atoms with E-state index in [0.717, 1.165) is 12.2 Å². The highest BCUT2D eigenvalue weighted by Gasteiger charge is 2.17. The molecule has 0 aliphatic rings. The summed E-state index contributed by atoms with van der Waals surface area (Å²) in [6, 6.07) is 4.08. The maximum absolute atomic E-state index is 12.0. The Bertz CT molecular complexity index is 496. The molecule has 1 amide bonds. The lowest BCUT2D eigenvalue weighted by molar-refractivity contribution is -0.384. The zero-order valence-corrected chi connectivity index (χ0v) is 12.2. The number of rotatable bonds is 7. The van der Waals surface area contributed by atoms with Crippen molar-refractivity contribution in [1.29, 1.82) is 0 Å². The maximum atomic E-state index is 12.0. The first kappa shape index (κ1) is 16.3. The first-order valence-electron chi connectivity index (χ1n) is 6.04. The van der Waals surface area contributed by atoms with E-state index in [0.29, 0.717) is 5.56 Å². The van der Waals surface area contributed by atoms with Crippen molar-refractivity contribution < 1.29 is 9.72 Å². The minimum absolute atomic E-state index is 0.0411. The van der Waals surface area contributed by atoms with E-state index < -0.39 is 4.92 Å². The van der Waals surface area contributed by atoms with Crippen molar-refractivity contribution in [1.82, 2.24) is 5.32 Å². The van der Waals surface area contributed by atoms with Crippen LogP contribution in [0, 0.1) is 10.1 Å². The summed E-state index contributed by atoms with van der Waals surface area (Å²) in [5.41, 5.74) is 2.51. The zero-order chi connectivity index (χ0) is 15.1. The molecule has 0 aromatic heterocycles. The molecule has 20 heavy (non-hydrogen) atoms. The van der Waals surface area contributed by atoms with Gasteiger partial charge < -0.3 is 10.7 Å². The fourth-order valence-electron chi connectivity index (χ4n) is 1.63. The van der Waals surface area contributed by atoms with Gasteiger partial charge in [-0.3, -0.25) is 20.8 Å². The molecular weight excluding hydrogens is 280 g/mol. The third-order valence-electron chi connectivity index (χ3n) is 2.74. The molecule has 110 valence electrons. The fourth-order valence-corrected chi connectivity index (χ4v) is 2.22. The Labute approximate surface area is 121 Å². The minimum Gasteiger partial charge on any atom is -0.350 e. The minimum atomic E-state index is -0.558. The summed E-state index contributed by atoms with van der Waals surface area (Å²) in [4.78, 5) is 22.2. The molecule has 0 spiro atoms. The van der Waals surface area contributed by atoms with E-state index in [-0.39, 0.29) is 23.3 Å². The molecule has 1 aromatic carbocycles. The van der Waals surface area contributed by atoms with Gasteiger partial charge in [0.15, 0.2) is 0 Å². The lowest BCUT2D eigenvalue weighted by atomic mass is 10.1. The summed E-state index contributed by atoms with van der Waals surface area (Å²) in [5.74, 6) is 5.92. The van der Waals surface area contributed by atoms with Crippen LogP contribution in [0.25, 0.3) is 0 Å². The van der Waals surface area contributed by atoms with Crippen LogP contribution < -0.4 is 16.6 Å². The molecule has 0 fully saturated rings. The molecule has 4 N–H and O–H groups in total. The molecule has 0 heterocycles. The number of benzene rings is 1. The van der Waals surface area contributed by atoms with Gasteiger partial charge in [0.2, 0.25) is 0 Å². The number of amides is 1. The number of hydrogen-bond donors (Lipinski definition) is 3. The summed E-state index contributed by atoms with van der Waals surface area (Å²) in [5, 5.41) is 13.6. The molecule has 0 bridgehead atoms. The number of hydrogen-bond acceptors (Lipinski definition) is 6. The largest absolute Gasteiger partial charge is 0.350 e. The normalized spacial score (nSPS) is 11.8. The van der Waals surface area contributed by atoms with Crippen LogP contribution in [0.5, 0.6) is 0 Å². The second-order valence-corrected chi connectivity index (χ2v) is 5.27. The quantitative estimate of drug-likeness (QED) is 0.402. The monoisotopic (exact) mass is 298 g/mol. The second-order valence-electron chi connectivity index (χ2n) is 4.29. The molecule has 1 aromatic rings. The van der Waals surface area contributed by atoms with Gasteiger partial charge in [0.25, 0.3) is 11.6 Å². The van der Waals surface area contributed by atoms with Gasteiger partial charge in [-0.15, -0.1) is 0 Å². The third kappa shape index (κ3) is 4.39. The summed E-state index contributed by atoms with van der Waals surface area (Å²) in [7, 11) is 0. The molecule has 7 nitrogen and oxygen atoms in total. The number of nitrogens with one attached hydrogen (secondary N) is 2. The molecule has 0 aliphatic carbocycles. The van der Waals surface area contributed by atoms with Crippen molar-refractivity contribution in [2.24, 2.45) is 5.84 Å². The first-order valence-corrected chi connectivity index (χ1v) is 7.43. The zero-order valence-electron chi connectivity index (χ0n) is 11.4. The van der Waals surface area contributed by atoms with E-state index in [1.165, 1.54) is 18.2 Å². The van der Waals surface area contributed by atoms with E-state index in [1.54, 1.807) is 11.8 Å². The van der Waals surface area contributed by atoms with Crippen LogP contribution in [0.15, 0.2) is 18.2 Å². The highest BCUT2D eigenvalue weighted by molar-refractivity contribution is 7.98. The maximum Gasteiger partial charge on any atom is 0.293 e. The van der Waals surface area contributed by atoms with E-state index >= 15 is 0 Å². The average molecular weight is 298 g/mol. The van der Waals surface area contributed by atoms with E-state index in [2.05, 4.69) is 10.7 Å². The standard InChI is InChI=1S/C12H18N4O3S/c1-8(5-6-20-2)14-12(17)9-3-4-11(16(18)19)10(7-9)15-13/h3-4,7-8,15H,5-6,13H2,1-2H3,(H,14,17). The Morgan fingerprint density at radius 3 is 2.80 bits per heavy atom. The topological polar surface area (TPSA) is 110 Å². The number of anilines is 1. The van der Waals surface area contributed by atoms with Crippen molar-refractivity contribution in [3.63, 3.8) is 0 Å². The molecule has 8 heteroatoms. The Morgan fingerprint density at radius 1 is 1.55 bits per heavy atom. The Balaban J connectivity index is 2.81. The number of nitrogens with two attached hydrogens (primary N) is 1. The highest BCUT2D eigenvalue weighted by Crippen LogP contribution is 2.24. The number of nitro benzene ring substituents is 1. The molecule has 0 aliphatic heterocycles. The average Bonchev–Trinajstić information content (AvgIpc) is 2.44. The second kappa shape index (κ2) is 7.71. The van der Waals surface area contributed by atoms with Gasteiger partial charge in [0.1, 0.15) is 5.69 Å². The van der Waals surface area contributed by atoms with E-state index in [4.69, 9.17) is 5.84 Å². The van der Waals surface area contributed by atoms with Crippen LogP contribution in [0.1, 0.15) is 23.7 Å². The van der Waals surface area contributed by atoms with Crippen molar-refractivity contribution >= 4 is 29.0 Å². The predicted molar refractivity (Wildman–Crippen MR) is 80.8 cm³/mol. The van der Waals surface area contributed by atoms with Crippen LogP contribution in [-0.4, -0.2) is 28.9 Å². The summed E-state index contributed by atoms with van der Waals surface area (Å²) in [6.45, 7) is 1.92. The summed E-state index contributed by atoms with van der Waals surface area (Å²) in [6.07, 6.45) is 2.87. The molecule has 1 rings (SSSR count). The van der Waals surface area contributed by atoms with Crippen LogP contribution in [-0.2, 0) is 0 Å². The van der Waals surface area contributed by atoms with Crippen molar-refractivity contribution in [3.05, 3.63) is 33.9 Å². The fraction of sp³-hybridized carbons (Fsp3) is 0.417. The first-order chi connectivity index (χ1) is 9.49. The van der Waals surface area contributed by atoms with Gasteiger partial charge in [-0.25, -0.2) is 0 Å². The third-order valence-corrected chi connectivity index (χ3v) is 3.39. The molecule has 1 atom stereocenters. The molecular formula is C12H18N4O3S. The van der Waals surface area contributed by atoms with E-state index in [9.17, 15) is 14.9 Å². The lowest BCUT2D eigenvalue weighted by Gasteiger charge is -2.13. The number of nitro groups is 1. The SMILES string of the molecule is CSCCC(C)NC(=O)c1ccc([N+](=O)[O-])c(NN)c1. The number of nitrogens with zero attached hydrogens (tertiary/aromatic N) is 1.